The van der Waals surface area contributed by atoms with E-state index in [2.05, 4.69) is 213 Å². The summed E-state index contributed by atoms with van der Waals surface area (Å²) >= 11 is 0. The molecule has 61 heavy (non-hydrogen) atoms. The maximum absolute atomic E-state index is 7.07. The molecule has 5 heterocycles. The minimum absolute atomic E-state index is 0.0266. The van der Waals surface area contributed by atoms with Crippen LogP contribution < -0.4 is 21.1 Å². The summed E-state index contributed by atoms with van der Waals surface area (Å²) in [7, 11) is 0. The average molecular weight is 786 g/mol. The lowest BCUT2D eigenvalue weighted by molar-refractivity contribution is 0.482. The van der Waals surface area contributed by atoms with Gasteiger partial charge in [0.15, 0.2) is 0 Å². The van der Waals surface area contributed by atoms with Gasteiger partial charge in [-0.05, 0) is 111 Å². The molecule has 0 amide bonds. The van der Waals surface area contributed by atoms with Crippen LogP contribution >= 0.6 is 0 Å². The molecule has 0 unspecified atom stereocenters. The number of para-hydroxylation sites is 4. The minimum atomic E-state index is -0.0901. The molecule has 0 spiro atoms. The van der Waals surface area contributed by atoms with Gasteiger partial charge < -0.3 is 18.4 Å². The van der Waals surface area contributed by atoms with Crippen LogP contribution in [0.2, 0.25) is 0 Å². The van der Waals surface area contributed by atoms with Gasteiger partial charge >= 0.3 is 0 Å². The van der Waals surface area contributed by atoms with Crippen LogP contribution in [0.25, 0.3) is 82.5 Å². The number of ether oxygens (including phenoxy) is 1. The molecule has 0 saturated carbocycles. The quantitative estimate of drug-likeness (QED) is 0.160. The molecule has 3 aromatic heterocycles. The number of rotatable bonds is 2. The molecule has 11 aromatic rings. The fraction of sp³-hybridized carbons (Fsp3) is 0.143. The van der Waals surface area contributed by atoms with Gasteiger partial charge in [0.25, 0.3) is 6.71 Å². The Labute approximate surface area is 355 Å². The van der Waals surface area contributed by atoms with Crippen LogP contribution in [0.4, 0.5) is 0 Å². The van der Waals surface area contributed by atoms with E-state index in [0.717, 1.165) is 22.9 Å². The third-order valence-corrected chi connectivity index (χ3v) is 13.8. The largest absolute Gasteiger partial charge is 0.458 e. The molecule has 0 radical (unpaired) electrons. The number of fused-ring (bicyclic) bond motifs is 13. The monoisotopic (exact) mass is 785 g/mol. The minimum Gasteiger partial charge on any atom is -0.458 e. The van der Waals surface area contributed by atoms with Gasteiger partial charge in [0.1, 0.15) is 11.5 Å². The Bertz CT molecular complexity index is 3610. The summed E-state index contributed by atoms with van der Waals surface area (Å²) in [6.45, 7) is 13.8. The predicted octanol–water partition coefficient (Wildman–Crippen LogP) is 12.5. The van der Waals surface area contributed by atoms with E-state index in [1.165, 1.54) is 98.6 Å². The highest BCUT2D eigenvalue weighted by Gasteiger charge is 2.42. The van der Waals surface area contributed by atoms with Crippen molar-refractivity contribution in [1.82, 2.24) is 13.7 Å². The van der Waals surface area contributed by atoms with E-state index in [-0.39, 0.29) is 17.5 Å². The van der Waals surface area contributed by atoms with Gasteiger partial charge in [0.05, 0.1) is 27.6 Å². The molecule has 0 fully saturated rings. The standard InChI is InChI=1S/C56H44BN3O/c1-55(2,3)33-23-26-51-43(27-33)57-44-32-36(59-47-21-13-9-17-39(47)40-18-10-14-22-48(40)59)31-42-41-30-35(58-45-19-11-7-15-37(45)38-16-8-12-20-46(38)58)24-25-49(41)60(54(42)44)50-28-34(56(4,5)6)29-52(61-51)53(50)57/h7-32H,1-6H3. The molecular formula is C56H44BN3O. The number of hydrogen-bond donors (Lipinski definition) is 0. The predicted molar refractivity (Wildman–Crippen MR) is 258 cm³/mol. The van der Waals surface area contributed by atoms with Crippen molar-refractivity contribution in [2.24, 2.45) is 0 Å². The zero-order chi connectivity index (χ0) is 41.1. The lowest BCUT2D eigenvalue weighted by Crippen LogP contribution is -2.58. The van der Waals surface area contributed by atoms with Crippen molar-refractivity contribution in [2.45, 2.75) is 52.4 Å². The molecule has 2 aliphatic rings. The first-order valence-corrected chi connectivity index (χ1v) is 21.6. The Morgan fingerprint density at radius 3 is 1.49 bits per heavy atom. The summed E-state index contributed by atoms with van der Waals surface area (Å²) < 4.78 is 14.6. The molecule has 8 aromatic carbocycles. The summed E-state index contributed by atoms with van der Waals surface area (Å²) in [5.74, 6) is 1.89. The molecular weight excluding hydrogens is 741 g/mol. The first kappa shape index (κ1) is 34.8. The van der Waals surface area contributed by atoms with Crippen molar-refractivity contribution in [3.05, 3.63) is 169 Å². The van der Waals surface area contributed by atoms with Crippen molar-refractivity contribution >= 4 is 88.5 Å². The summed E-state index contributed by atoms with van der Waals surface area (Å²) in [5.41, 5.74) is 17.0. The Morgan fingerprint density at radius 2 is 0.918 bits per heavy atom. The van der Waals surface area contributed by atoms with Crippen molar-refractivity contribution in [2.75, 3.05) is 0 Å². The van der Waals surface area contributed by atoms with Gasteiger partial charge in [-0.15, -0.1) is 0 Å². The van der Waals surface area contributed by atoms with E-state index in [0.29, 0.717) is 0 Å². The number of aromatic nitrogens is 3. The smallest absolute Gasteiger partial charge is 0.256 e. The molecule has 0 saturated heterocycles. The van der Waals surface area contributed by atoms with Gasteiger partial charge in [-0.25, -0.2) is 0 Å². The van der Waals surface area contributed by atoms with Crippen LogP contribution in [0.3, 0.4) is 0 Å². The summed E-state index contributed by atoms with van der Waals surface area (Å²) in [4.78, 5) is 0. The zero-order valence-corrected chi connectivity index (χ0v) is 35.3. The maximum Gasteiger partial charge on any atom is 0.256 e. The first-order valence-electron chi connectivity index (χ1n) is 21.6. The lowest BCUT2D eigenvalue weighted by Gasteiger charge is -2.36. The highest BCUT2D eigenvalue weighted by atomic mass is 16.5. The van der Waals surface area contributed by atoms with Gasteiger partial charge in [-0.1, -0.05) is 126 Å². The van der Waals surface area contributed by atoms with E-state index >= 15 is 0 Å². The Hall–Kier alpha value is -6.98. The summed E-state index contributed by atoms with van der Waals surface area (Å²) in [6, 6.07) is 59.1. The second-order valence-electron chi connectivity index (χ2n) is 19.4. The van der Waals surface area contributed by atoms with E-state index in [1.54, 1.807) is 0 Å². The summed E-state index contributed by atoms with van der Waals surface area (Å²) in [6.07, 6.45) is 0. The molecule has 0 aliphatic carbocycles. The molecule has 0 atom stereocenters. The van der Waals surface area contributed by atoms with Crippen molar-refractivity contribution in [3.8, 4) is 28.6 Å². The van der Waals surface area contributed by atoms with E-state index < -0.39 is 0 Å². The molecule has 5 heteroatoms. The second-order valence-corrected chi connectivity index (χ2v) is 19.4. The van der Waals surface area contributed by atoms with Gasteiger partial charge in [0, 0.05) is 54.9 Å². The lowest BCUT2D eigenvalue weighted by atomic mass is 9.34. The van der Waals surface area contributed by atoms with Gasteiger partial charge in [-0.3, -0.25) is 0 Å². The second kappa shape index (κ2) is 11.9. The Morgan fingerprint density at radius 1 is 0.393 bits per heavy atom. The van der Waals surface area contributed by atoms with Crippen LogP contribution in [0.1, 0.15) is 52.7 Å². The summed E-state index contributed by atoms with van der Waals surface area (Å²) in [5, 5.41) is 7.53. The number of nitrogens with zero attached hydrogens (tertiary/aromatic N) is 3. The highest BCUT2D eigenvalue weighted by Crippen LogP contribution is 2.43. The van der Waals surface area contributed by atoms with Gasteiger partial charge in [-0.2, -0.15) is 0 Å². The molecule has 0 N–H and O–H groups in total. The van der Waals surface area contributed by atoms with Crippen molar-refractivity contribution < 1.29 is 4.74 Å². The van der Waals surface area contributed by atoms with Crippen LogP contribution in [0, 0.1) is 0 Å². The zero-order valence-electron chi connectivity index (χ0n) is 35.3. The fourth-order valence-electron chi connectivity index (χ4n) is 10.8. The third-order valence-electron chi connectivity index (χ3n) is 13.8. The third kappa shape index (κ3) is 4.72. The number of benzene rings is 8. The number of hydrogen-bond acceptors (Lipinski definition) is 1. The maximum atomic E-state index is 7.07. The topological polar surface area (TPSA) is 24.0 Å². The van der Waals surface area contributed by atoms with Crippen LogP contribution in [0.15, 0.2) is 158 Å². The van der Waals surface area contributed by atoms with E-state index in [9.17, 15) is 0 Å². The van der Waals surface area contributed by atoms with E-state index in [4.69, 9.17) is 4.74 Å². The van der Waals surface area contributed by atoms with E-state index in [1.807, 2.05) is 0 Å². The molecule has 13 rings (SSSR count). The fourth-order valence-corrected chi connectivity index (χ4v) is 10.8. The Balaban J connectivity index is 1.21. The molecule has 2 aliphatic heterocycles. The Kier molecular flexibility index (Phi) is 6.77. The first-order chi connectivity index (χ1) is 29.5. The van der Waals surface area contributed by atoms with Gasteiger partial charge in [0.2, 0.25) is 0 Å². The van der Waals surface area contributed by atoms with Crippen LogP contribution in [0.5, 0.6) is 11.5 Å². The molecule has 4 nitrogen and oxygen atoms in total. The SMILES string of the molecule is CC(C)(C)c1ccc2c(c1)B1c3c(cc(C(C)(C)C)cc3-n3c4ccc(-n5c6ccccc6c6ccccc65)cc4c4cc(-n5c6ccccc6c6ccccc65)cc1c43)O2. The molecule has 0 bridgehead atoms. The van der Waals surface area contributed by atoms with Crippen LogP contribution in [-0.4, -0.2) is 20.4 Å². The van der Waals surface area contributed by atoms with Crippen molar-refractivity contribution in [3.63, 3.8) is 0 Å². The molecule has 292 valence electrons. The average Bonchev–Trinajstić information content (AvgIpc) is 3.90. The van der Waals surface area contributed by atoms with Crippen LogP contribution in [-0.2, 0) is 10.8 Å². The van der Waals surface area contributed by atoms with Crippen molar-refractivity contribution in [1.29, 1.82) is 0 Å². The highest BCUT2D eigenvalue weighted by molar-refractivity contribution is 6.99. The normalized spacial score (nSPS) is 13.5.